The number of nitrogens with two attached hydrogens (primary N) is 1. The van der Waals surface area contributed by atoms with E-state index in [-0.39, 0.29) is 11.4 Å². The molecule has 0 saturated carbocycles. The molecule has 2 N–H and O–H groups in total. The quantitative estimate of drug-likeness (QED) is 0.804. The van der Waals surface area contributed by atoms with Crippen LogP contribution in [-0.2, 0) is 10.0 Å². The first-order valence-electron chi connectivity index (χ1n) is 6.69. The molecule has 0 aliphatic heterocycles. The fourth-order valence-electron chi connectivity index (χ4n) is 1.74. The first-order valence-corrected chi connectivity index (χ1v) is 8.13. The molecule has 0 aliphatic carbocycles. The Bertz CT molecular complexity index is 643. The molecule has 0 bridgehead atoms. The SMILES string of the molecule is Cc1ccc(S(=O)(=O)N(C)CCN(C)C)c(C#CCN)c1. The van der Waals surface area contributed by atoms with Crippen LogP contribution in [0.4, 0.5) is 0 Å². The molecule has 1 rings (SSSR count). The summed E-state index contributed by atoms with van der Waals surface area (Å²) in [7, 11) is 1.85. The van der Waals surface area contributed by atoms with E-state index in [1.165, 1.54) is 4.31 Å². The van der Waals surface area contributed by atoms with E-state index >= 15 is 0 Å². The molecule has 0 heterocycles. The third-order valence-electron chi connectivity index (χ3n) is 3.01. The lowest BCUT2D eigenvalue weighted by Gasteiger charge is -2.20. The maximum atomic E-state index is 12.6. The molecule has 21 heavy (non-hydrogen) atoms. The molecule has 0 amide bonds. The number of sulfonamides is 1. The van der Waals surface area contributed by atoms with Crippen LogP contribution >= 0.6 is 0 Å². The van der Waals surface area contributed by atoms with Crippen molar-refractivity contribution >= 4 is 10.0 Å². The predicted octanol–water partition coefficient (Wildman–Crippen LogP) is 0.487. The van der Waals surface area contributed by atoms with Gasteiger partial charge in [-0.1, -0.05) is 17.9 Å². The van der Waals surface area contributed by atoms with Gasteiger partial charge in [0.1, 0.15) is 0 Å². The van der Waals surface area contributed by atoms with Crippen LogP contribution in [0.1, 0.15) is 11.1 Å². The molecule has 1 aromatic rings. The summed E-state index contributed by atoms with van der Waals surface area (Å²) < 4.78 is 26.6. The van der Waals surface area contributed by atoms with Crippen molar-refractivity contribution in [1.82, 2.24) is 9.21 Å². The van der Waals surface area contributed by atoms with Gasteiger partial charge in [-0.15, -0.1) is 0 Å². The molecule has 6 heteroatoms. The highest BCUT2D eigenvalue weighted by molar-refractivity contribution is 7.89. The fourth-order valence-corrected chi connectivity index (χ4v) is 3.03. The highest BCUT2D eigenvalue weighted by atomic mass is 32.2. The smallest absolute Gasteiger partial charge is 0.244 e. The van der Waals surface area contributed by atoms with E-state index in [1.807, 2.05) is 25.9 Å². The third kappa shape index (κ3) is 4.83. The van der Waals surface area contributed by atoms with Gasteiger partial charge in [0.2, 0.25) is 10.0 Å². The van der Waals surface area contributed by atoms with Crippen molar-refractivity contribution in [3.8, 4) is 11.8 Å². The van der Waals surface area contributed by atoms with Gasteiger partial charge in [0, 0.05) is 25.7 Å². The van der Waals surface area contributed by atoms with Crippen LogP contribution in [0.3, 0.4) is 0 Å². The summed E-state index contributed by atoms with van der Waals surface area (Å²) in [5.74, 6) is 5.57. The summed E-state index contributed by atoms with van der Waals surface area (Å²) in [6.07, 6.45) is 0. The first kappa shape index (κ1) is 17.7. The minimum Gasteiger partial charge on any atom is -0.320 e. The van der Waals surface area contributed by atoms with E-state index in [2.05, 4.69) is 11.8 Å². The van der Waals surface area contributed by atoms with Crippen molar-refractivity contribution in [2.45, 2.75) is 11.8 Å². The average molecular weight is 309 g/mol. The maximum absolute atomic E-state index is 12.6. The second kappa shape index (κ2) is 7.57. The van der Waals surface area contributed by atoms with Gasteiger partial charge in [0.05, 0.1) is 11.4 Å². The van der Waals surface area contributed by atoms with E-state index < -0.39 is 10.0 Å². The van der Waals surface area contributed by atoms with Crippen LogP contribution < -0.4 is 5.73 Å². The van der Waals surface area contributed by atoms with Crippen LogP contribution in [0.2, 0.25) is 0 Å². The lowest BCUT2D eigenvalue weighted by atomic mass is 10.1. The Morgan fingerprint density at radius 3 is 2.43 bits per heavy atom. The second-order valence-corrected chi connectivity index (χ2v) is 7.15. The van der Waals surface area contributed by atoms with Crippen molar-refractivity contribution in [3.63, 3.8) is 0 Å². The molecular weight excluding hydrogens is 286 g/mol. The average Bonchev–Trinajstić information content (AvgIpc) is 2.42. The molecule has 0 saturated heterocycles. The molecule has 5 nitrogen and oxygen atoms in total. The number of likely N-dealkylation sites (N-methyl/N-ethyl adjacent to an activating group) is 2. The topological polar surface area (TPSA) is 66.6 Å². The highest BCUT2D eigenvalue weighted by Gasteiger charge is 2.23. The standard InChI is InChI=1S/C15H23N3O2S/c1-13-7-8-15(14(12-13)6-5-9-16)21(19,20)18(4)11-10-17(2)3/h7-8,12H,9-11,16H2,1-4H3. The van der Waals surface area contributed by atoms with E-state index in [1.54, 1.807) is 25.2 Å². The largest absolute Gasteiger partial charge is 0.320 e. The Labute approximate surface area is 127 Å². The van der Waals surface area contributed by atoms with Gasteiger partial charge >= 0.3 is 0 Å². The van der Waals surface area contributed by atoms with Crippen LogP contribution in [-0.4, -0.2) is 58.4 Å². The number of nitrogens with zero attached hydrogens (tertiary/aromatic N) is 2. The molecular formula is C15H23N3O2S. The Morgan fingerprint density at radius 2 is 1.86 bits per heavy atom. The van der Waals surface area contributed by atoms with Crippen molar-refractivity contribution in [3.05, 3.63) is 29.3 Å². The number of rotatable bonds is 5. The van der Waals surface area contributed by atoms with Crippen LogP contribution in [0.15, 0.2) is 23.1 Å². The van der Waals surface area contributed by atoms with Crippen molar-refractivity contribution in [1.29, 1.82) is 0 Å². The molecule has 116 valence electrons. The minimum absolute atomic E-state index is 0.198. The molecule has 0 spiro atoms. The molecule has 0 fully saturated rings. The highest BCUT2D eigenvalue weighted by Crippen LogP contribution is 2.20. The van der Waals surface area contributed by atoms with E-state index in [0.717, 1.165) is 5.56 Å². The van der Waals surface area contributed by atoms with Crippen LogP contribution in [0.25, 0.3) is 0 Å². The zero-order valence-electron chi connectivity index (χ0n) is 13.0. The van der Waals surface area contributed by atoms with E-state index in [4.69, 9.17) is 5.73 Å². The Hall–Kier alpha value is -1.39. The van der Waals surface area contributed by atoms with Gasteiger partial charge in [-0.25, -0.2) is 8.42 Å². The Kier molecular flexibility index (Phi) is 6.37. The molecule has 1 aromatic carbocycles. The van der Waals surface area contributed by atoms with Gasteiger partial charge in [-0.3, -0.25) is 0 Å². The van der Waals surface area contributed by atoms with Crippen LogP contribution in [0.5, 0.6) is 0 Å². The monoisotopic (exact) mass is 309 g/mol. The lowest BCUT2D eigenvalue weighted by molar-refractivity contribution is 0.358. The first-order chi connectivity index (χ1) is 9.78. The summed E-state index contributed by atoms with van der Waals surface area (Å²) in [5, 5.41) is 0. The lowest BCUT2D eigenvalue weighted by Crippen LogP contribution is -2.33. The summed E-state index contributed by atoms with van der Waals surface area (Å²) >= 11 is 0. The molecule has 0 aliphatic rings. The van der Waals surface area contributed by atoms with Gasteiger partial charge in [-0.2, -0.15) is 4.31 Å². The van der Waals surface area contributed by atoms with Crippen molar-refractivity contribution in [2.75, 3.05) is 40.8 Å². The number of aryl methyl sites for hydroxylation is 1. The zero-order valence-corrected chi connectivity index (χ0v) is 13.9. The van der Waals surface area contributed by atoms with E-state index in [0.29, 0.717) is 18.7 Å². The molecule has 0 atom stereocenters. The fraction of sp³-hybridized carbons (Fsp3) is 0.467. The summed E-state index contributed by atoms with van der Waals surface area (Å²) in [5.41, 5.74) is 6.84. The van der Waals surface area contributed by atoms with Gasteiger partial charge in [-0.05, 0) is 38.7 Å². The summed E-state index contributed by atoms with van der Waals surface area (Å²) in [4.78, 5) is 2.17. The number of hydrogen-bond acceptors (Lipinski definition) is 4. The molecule has 0 unspecified atom stereocenters. The normalized spacial score (nSPS) is 11.6. The van der Waals surface area contributed by atoms with Crippen molar-refractivity contribution in [2.24, 2.45) is 5.73 Å². The maximum Gasteiger partial charge on any atom is 0.244 e. The molecule has 0 aromatic heterocycles. The van der Waals surface area contributed by atoms with Gasteiger partial charge in [0.25, 0.3) is 0 Å². The Morgan fingerprint density at radius 1 is 1.19 bits per heavy atom. The second-order valence-electron chi connectivity index (χ2n) is 5.14. The van der Waals surface area contributed by atoms with Crippen molar-refractivity contribution < 1.29 is 8.42 Å². The predicted molar refractivity (Wildman–Crippen MR) is 85.5 cm³/mol. The minimum atomic E-state index is -3.55. The van der Waals surface area contributed by atoms with Crippen LogP contribution in [0, 0.1) is 18.8 Å². The number of hydrogen-bond donors (Lipinski definition) is 1. The zero-order chi connectivity index (χ0) is 16.0. The number of benzene rings is 1. The summed E-state index contributed by atoms with van der Waals surface area (Å²) in [6.45, 7) is 3.18. The molecule has 0 radical (unpaired) electrons. The Balaban J connectivity index is 3.18. The van der Waals surface area contributed by atoms with Gasteiger partial charge in [0.15, 0.2) is 0 Å². The van der Waals surface area contributed by atoms with E-state index in [9.17, 15) is 8.42 Å². The van der Waals surface area contributed by atoms with Gasteiger partial charge < -0.3 is 10.6 Å². The third-order valence-corrected chi connectivity index (χ3v) is 4.93. The summed E-state index contributed by atoms with van der Waals surface area (Å²) in [6, 6.07) is 5.16.